The maximum absolute atomic E-state index is 10.2. The van der Waals surface area contributed by atoms with Gasteiger partial charge in [0, 0.05) is 16.0 Å². The zero-order valence-electron chi connectivity index (χ0n) is 10.6. The summed E-state index contributed by atoms with van der Waals surface area (Å²) in [6.07, 6.45) is 1.29. The molecule has 2 aromatic rings. The maximum Gasteiger partial charge on any atom is 0.101 e. The standard InChI is InChI=1S/C15H17NOS/c1-11-8-9-14(18-11)10-16-12(2)15(17)13-6-4-3-5-7-13/h3-10,12,15,17H,1-2H3/t12-,15-/m0/s1. The summed E-state index contributed by atoms with van der Waals surface area (Å²) in [5.74, 6) is 0. The Balaban J connectivity index is 2.03. The van der Waals surface area contributed by atoms with Gasteiger partial charge in [-0.05, 0) is 31.5 Å². The van der Waals surface area contributed by atoms with Gasteiger partial charge in [0.15, 0.2) is 0 Å². The lowest BCUT2D eigenvalue weighted by Gasteiger charge is -2.14. The normalized spacial score (nSPS) is 14.8. The van der Waals surface area contributed by atoms with Crippen molar-refractivity contribution in [3.8, 4) is 0 Å². The van der Waals surface area contributed by atoms with Crippen LogP contribution >= 0.6 is 11.3 Å². The predicted molar refractivity (Wildman–Crippen MR) is 77.5 cm³/mol. The topological polar surface area (TPSA) is 32.6 Å². The molecule has 1 heterocycles. The van der Waals surface area contributed by atoms with Gasteiger partial charge in [0.25, 0.3) is 0 Å². The first-order chi connectivity index (χ1) is 8.66. The number of nitrogens with zero attached hydrogens (tertiary/aromatic N) is 1. The second-order valence-corrected chi connectivity index (χ2v) is 5.64. The van der Waals surface area contributed by atoms with Gasteiger partial charge in [-0.2, -0.15) is 0 Å². The molecule has 0 saturated heterocycles. The Hall–Kier alpha value is -1.45. The van der Waals surface area contributed by atoms with Crippen LogP contribution in [0.3, 0.4) is 0 Å². The average molecular weight is 259 g/mol. The molecule has 1 N–H and O–H groups in total. The molecule has 1 aromatic heterocycles. The predicted octanol–water partition coefficient (Wildman–Crippen LogP) is 3.60. The zero-order valence-corrected chi connectivity index (χ0v) is 11.4. The highest BCUT2D eigenvalue weighted by Crippen LogP contribution is 2.19. The van der Waals surface area contributed by atoms with E-state index >= 15 is 0 Å². The fourth-order valence-electron chi connectivity index (χ4n) is 1.72. The Morgan fingerprint density at radius 3 is 2.50 bits per heavy atom. The summed E-state index contributed by atoms with van der Waals surface area (Å²) < 4.78 is 0. The molecule has 94 valence electrons. The van der Waals surface area contributed by atoms with Crippen molar-refractivity contribution >= 4 is 17.6 Å². The molecule has 0 radical (unpaired) electrons. The first-order valence-electron chi connectivity index (χ1n) is 5.99. The molecule has 0 aliphatic heterocycles. The third-order valence-electron chi connectivity index (χ3n) is 2.80. The highest BCUT2D eigenvalue weighted by Gasteiger charge is 2.14. The summed E-state index contributed by atoms with van der Waals surface area (Å²) in [6, 6.07) is 13.6. The van der Waals surface area contributed by atoms with E-state index in [2.05, 4.69) is 18.0 Å². The minimum absolute atomic E-state index is 0.144. The van der Waals surface area contributed by atoms with E-state index in [1.807, 2.05) is 49.5 Å². The van der Waals surface area contributed by atoms with E-state index in [0.717, 1.165) is 10.4 Å². The number of aliphatic imine (C=N–C) groups is 1. The molecule has 2 nitrogen and oxygen atoms in total. The van der Waals surface area contributed by atoms with Gasteiger partial charge in [0.05, 0.1) is 6.04 Å². The molecule has 2 rings (SSSR count). The van der Waals surface area contributed by atoms with E-state index in [1.54, 1.807) is 11.3 Å². The summed E-state index contributed by atoms with van der Waals surface area (Å²) in [4.78, 5) is 6.82. The van der Waals surface area contributed by atoms with Crippen molar-refractivity contribution in [3.63, 3.8) is 0 Å². The summed E-state index contributed by atoms with van der Waals surface area (Å²) in [5, 5.41) is 10.2. The van der Waals surface area contributed by atoms with Crippen LogP contribution in [-0.4, -0.2) is 17.4 Å². The fraction of sp³-hybridized carbons (Fsp3) is 0.267. The van der Waals surface area contributed by atoms with Crippen molar-refractivity contribution in [2.45, 2.75) is 26.0 Å². The summed E-state index contributed by atoms with van der Waals surface area (Å²) in [6.45, 7) is 4.00. The van der Waals surface area contributed by atoms with Gasteiger partial charge in [0.1, 0.15) is 6.10 Å². The molecule has 0 spiro atoms. The third-order valence-corrected chi connectivity index (χ3v) is 3.73. The largest absolute Gasteiger partial charge is 0.386 e. The number of thiophene rings is 1. The smallest absolute Gasteiger partial charge is 0.101 e. The maximum atomic E-state index is 10.2. The lowest BCUT2D eigenvalue weighted by Crippen LogP contribution is -2.12. The summed E-state index contributed by atoms with van der Waals surface area (Å²) in [7, 11) is 0. The quantitative estimate of drug-likeness (QED) is 0.836. The fourth-order valence-corrected chi connectivity index (χ4v) is 2.48. The SMILES string of the molecule is Cc1ccc(C=N[C@@H](C)[C@H](O)c2ccccc2)s1. The molecule has 0 fully saturated rings. The monoisotopic (exact) mass is 259 g/mol. The van der Waals surface area contributed by atoms with Gasteiger partial charge in [-0.15, -0.1) is 11.3 Å². The van der Waals surface area contributed by atoms with Crippen LogP contribution in [0.4, 0.5) is 0 Å². The van der Waals surface area contributed by atoms with Gasteiger partial charge in [-0.3, -0.25) is 4.99 Å². The first kappa shape index (κ1) is 13.0. The highest BCUT2D eigenvalue weighted by atomic mass is 32.1. The lowest BCUT2D eigenvalue weighted by atomic mass is 10.0. The molecule has 0 saturated carbocycles. The van der Waals surface area contributed by atoms with Crippen molar-refractivity contribution in [1.29, 1.82) is 0 Å². The minimum Gasteiger partial charge on any atom is -0.386 e. The van der Waals surface area contributed by atoms with Crippen LogP contribution in [0.15, 0.2) is 47.5 Å². The van der Waals surface area contributed by atoms with Crippen LogP contribution in [0.1, 0.15) is 28.3 Å². The Morgan fingerprint density at radius 2 is 1.89 bits per heavy atom. The second-order valence-electron chi connectivity index (χ2n) is 4.32. The number of hydrogen-bond donors (Lipinski definition) is 1. The molecule has 3 heteroatoms. The van der Waals surface area contributed by atoms with Crippen LogP contribution in [0, 0.1) is 6.92 Å². The van der Waals surface area contributed by atoms with E-state index in [0.29, 0.717) is 0 Å². The van der Waals surface area contributed by atoms with Crippen LogP contribution in [-0.2, 0) is 0 Å². The van der Waals surface area contributed by atoms with Crippen molar-refractivity contribution < 1.29 is 5.11 Å². The first-order valence-corrected chi connectivity index (χ1v) is 6.81. The van der Waals surface area contributed by atoms with Crippen molar-refractivity contribution in [3.05, 3.63) is 57.8 Å². The summed E-state index contributed by atoms with van der Waals surface area (Å²) in [5.41, 5.74) is 0.907. The molecule has 0 aliphatic rings. The molecule has 1 aromatic carbocycles. The Kier molecular flexibility index (Phi) is 4.28. The van der Waals surface area contributed by atoms with Crippen molar-refractivity contribution in [2.75, 3.05) is 0 Å². The van der Waals surface area contributed by atoms with Gasteiger partial charge in [-0.25, -0.2) is 0 Å². The van der Waals surface area contributed by atoms with Crippen LogP contribution < -0.4 is 0 Å². The van der Waals surface area contributed by atoms with Crippen molar-refractivity contribution in [2.24, 2.45) is 4.99 Å². The van der Waals surface area contributed by atoms with E-state index in [-0.39, 0.29) is 6.04 Å². The zero-order chi connectivity index (χ0) is 13.0. The number of hydrogen-bond acceptors (Lipinski definition) is 3. The van der Waals surface area contributed by atoms with Gasteiger partial charge in [-0.1, -0.05) is 30.3 Å². The molecule has 0 unspecified atom stereocenters. The van der Waals surface area contributed by atoms with Gasteiger partial charge >= 0.3 is 0 Å². The van der Waals surface area contributed by atoms with Crippen LogP contribution in [0.25, 0.3) is 0 Å². The number of aryl methyl sites for hydroxylation is 1. The number of benzene rings is 1. The summed E-state index contributed by atoms with van der Waals surface area (Å²) >= 11 is 1.71. The Labute approximate surface area is 112 Å². The Morgan fingerprint density at radius 1 is 1.17 bits per heavy atom. The second kappa shape index (κ2) is 5.94. The molecule has 0 aliphatic carbocycles. The average Bonchev–Trinajstić information content (AvgIpc) is 2.82. The molecule has 2 atom stereocenters. The number of aliphatic hydroxyl groups excluding tert-OH is 1. The molecular weight excluding hydrogens is 242 g/mol. The highest BCUT2D eigenvalue weighted by molar-refractivity contribution is 7.13. The molecule has 18 heavy (non-hydrogen) atoms. The molecule has 0 amide bonds. The van der Waals surface area contributed by atoms with Gasteiger partial charge < -0.3 is 5.11 Å². The minimum atomic E-state index is -0.552. The van der Waals surface area contributed by atoms with E-state index in [9.17, 15) is 5.11 Å². The number of aliphatic hydroxyl groups is 1. The number of rotatable bonds is 4. The molecule has 0 bridgehead atoms. The van der Waals surface area contributed by atoms with Gasteiger partial charge in [0.2, 0.25) is 0 Å². The van der Waals surface area contributed by atoms with E-state index < -0.39 is 6.10 Å². The third kappa shape index (κ3) is 3.28. The van der Waals surface area contributed by atoms with E-state index in [4.69, 9.17) is 0 Å². The lowest BCUT2D eigenvalue weighted by molar-refractivity contribution is 0.154. The van der Waals surface area contributed by atoms with E-state index in [1.165, 1.54) is 4.88 Å². The Bertz CT molecular complexity index is 518. The van der Waals surface area contributed by atoms with Crippen molar-refractivity contribution in [1.82, 2.24) is 0 Å². The molecular formula is C15H17NOS. The van der Waals surface area contributed by atoms with Crippen LogP contribution in [0.5, 0.6) is 0 Å². The van der Waals surface area contributed by atoms with Crippen LogP contribution in [0.2, 0.25) is 0 Å².